The Morgan fingerprint density at radius 3 is 2.50 bits per heavy atom. The minimum atomic E-state index is -0.192. The lowest BCUT2D eigenvalue weighted by Crippen LogP contribution is -2.45. The maximum absolute atomic E-state index is 12.9. The van der Waals surface area contributed by atoms with E-state index in [1.54, 1.807) is 0 Å². The standard InChI is InChI=1S/C19H28FN3O/c20-16-6-4-14(5-7-16)13-23-10-8-17(9-11-23)22-19(24)12-15-2-1-3-18(15)21/h4-7,15,17-18H,1-3,8-13,21H2,(H,22,24)/t15-,18+/m0/s1. The van der Waals surface area contributed by atoms with Gasteiger partial charge in [-0.2, -0.15) is 0 Å². The number of rotatable bonds is 5. The second-order valence-electron chi connectivity index (χ2n) is 7.30. The molecule has 1 saturated heterocycles. The van der Waals surface area contributed by atoms with Gasteiger partial charge in [0.1, 0.15) is 5.82 Å². The van der Waals surface area contributed by atoms with Crippen molar-refractivity contribution in [2.24, 2.45) is 11.7 Å². The molecule has 1 amide bonds. The maximum Gasteiger partial charge on any atom is 0.220 e. The van der Waals surface area contributed by atoms with Gasteiger partial charge in [0, 0.05) is 38.1 Å². The monoisotopic (exact) mass is 333 g/mol. The van der Waals surface area contributed by atoms with Crippen LogP contribution < -0.4 is 11.1 Å². The molecule has 24 heavy (non-hydrogen) atoms. The molecule has 0 bridgehead atoms. The molecule has 2 aliphatic rings. The van der Waals surface area contributed by atoms with Gasteiger partial charge in [-0.3, -0.25) is 9.69 Å². The van der Waals surface area contributed by atoms with Gasteiger partial charge in [-0.25, -0.2) is 4.39 Å². The third-order valence-corrected chi connectivity index (χ3v) is 5.44. The Morgan fingerprint density at radius 1 is 1.17 bits per heavy atom. The highest BCUT2D eigenvalue weighted by molar-refractivity contribution is 5.76. The largest absolute Gasteiger partial charge is 0.353 e. The lowest BCUT2D eigenvalue weighted by atomic mass is 9.98. The summed E-state index contributed by atoms with van der Waals surface area (Å²) in [4.78, 5) is 14.6. The van der Waals surface area contributed by atoms with E-state index in [-0.39, 0.29) is 23.8 Å². The van der Waals surface area contributed by atoms with Gasteiger partial charge >= 0.3 is 0 Å². The van der Waals surface area contributed by atoms with E-state index in [4.69, 9.17) is 5.73 Å². The second-order valence-corrected chi connectivity index (χ2v) is 7.30. The molecule has 0 aromatic heterocycles. The van der Waals surface area contributed by atoms with E-state index in [1.165, 1.54) is 12.1 Å². The first-order valence-electron chi connectivity index (χ1n) is 9.12. The minimum absolute atomic E-state index is 0.161. The van der Waals surface area contributed by atoms with Crippen molar-refractivity contribution in [2.45, 2.75) is 57.2 Å². The van der Waals surface area contributed by atoms with E-state index in [1.807, 2.05) is 12.1 Å². The Bertz CT molecular complexity index is 540. The second kappa shape index (κ2) is 8.08. The molecule has 0 spiro atoms. The first-order chi connectivity index (χ1) is 11.6. The SMILES string of the molecule is N[C@@H]1CCC[C@H]1CC(=O)NC1CCN(Cc2ccc(F)cc2)CC1. The number of carbonyl (C=O) groups is 1. The van der Waals surface area contributed by atoms with Crippen LogP contribution in [-0.4, -0.2) is 36.0 Å². The summed E-state index contributed by atoms with van der Waals surface area (Å²) < 4.78 is 12.9. The summed E-state index contributed by atoms with van der Waals surface area (Å²) >= 11 is 0. The van der Waals surface area contributed by atoms with Crippen LogP contribution in [0.3, 0.4) is 0 Å². The third kappa shape index (κ3) is 4.77. The van der Waals surface area contributed by atoms with Crippen LogP contribution in [0.25, 0.3) is 0 Å². The molecular formula is C19H28FN3O. The van der Waals surface area contributed by atoms with Crippen molar-refractivity contribution in [2.75, 3.05) is 13.1 Å². The number of piperidine rings is 1. The Labute approximate surface area is 143 Å². The fourth-order valence-electron chi connectivity index (χ4n) is 3.93. The number of amides is 1. The lowest BCUT2D eigenvalue weighted by Gasteiger charge is -2.32. The van der Waals surface area contributed by atoms with Gasteiger partial charge in [0.15, 0.2) is 0 Å². The highest BCUT2D eigenvalue weighted by Gasteiger charge is 2.27. The normalized spacial score (nSPS) is 25.8. The molecule has 5 heteroatoms. The number of hydrogen-bond donors (Lipinski definition) is 2. The molecule has 0 unspecified atom stereocenters. The molecule has 3 rings (SSSR count). The molecule has 1 aliphatic heterocycles. The van der Waals surface area contributed by atoms with Crippen LogP contribution >= 0.6 is 0 Å². The van der Waals surface area contributed by atoms with Gasteiger partial charge in [0.2, 0.25) is 5.91 Å². The molecule has 1 heterocycles. The zero-order valence-corrected chi connectivity index (χ0v) is 14.2. The zero-order valence-electron chi connectivity index (χ0n) is 14.2. The van der Waals surface area contributed by atoms with Crippen molar-refractivity contribution in [3.63, 3.8) is 0 Å². The smallest absolute Gasteiger partial charge is 0.220 e. The van der Waals surface area contributed by atoms with E-state index in [0.29, 0.717) is 12.3 Å². The Hall–Kier alpha value is -1.46. The molecule has 1 aromatic carbocycles. The fourth-order valence-corrected chi connectivity index (χ4v) is 3.93. The molecular weight excluding hydrogens is 305 g/mol. The predicted molar refractivity (Wildman–Crippen MR) is 92.8 cm³/mol. The van der Waals surface area contributed by atoms with E-state index in [0.717, 1.165) is 57.3 Å². The van der Waals surface area contributed by atoms with Gasteiger partial charge < -0.3 is 11.1 Å². The number of hydrogen-bond acceptors (Lipinski definition) is 3. The average molecular weight is 333 g/mol. The number of carbonyl (C=O) groups excluding carboxylic acids is 1. The van der Waals surface area contributed by atoms with Crippen molar-refractivity contribution >= 4 is 5.91 Å². The molecule has 1 aliphatic carbocycles. The van der Waals surface area contributed by atoms with Gasteiger partial charge in [0.05, 0.1) is 0 Å². The summed E-state index contributed by atoms with van der Waals surface area (Å²) in [7, 11) is 0. The molecule has 0 radical (unpaired) electrons. The van der Waals surface area contributed by atoms with Gasteiger partial charge in [-0.05, 0) is 49.3 Å². The lowest BCUT2D eigenvalue weighted by molar-refractivity contribution is -0.123. The van der Waals surface area contributed by atoms with E-state index >= 15 is 0 Å². The van der Waals surface area contributed by atoms with Gasteiger partial charge in [0.25, 0.3) is 0 Å². The molecule has 1 saturated carbocycles. The van der Waals surface area contributed by atoms with Crippen molar-refractivity contribution in [1.29, 1.82) is 0 Å². The highest BCUT2D eigenvalue weighted by Crippen LogP contribution is 2.26. The molecule has 3 N–H and O–H groups in total. The average Bonchev–Trinajstić information content (AvgIpc) is 2.96. The van der Waals surface area contributed by atoms with Crippen LogP contribution in [0, 0.1) is 11.7 Å². The van der Waals surface area contributed by atoms with E-state index in [9.17, 15) is 9.18 Å². The molecule has 4 nitrogen and oxygen atoms in total. The van der Waals surface area contributed by atoms with Crippen LogP contribution in [0.2, 0.25) is 0 Å². The number of halogens is 1. The summed E-state index contributed by atoms with van der Waals surface area (Å²) in [6.07, 6.45) is 5.83. The van der Waals surface area contributed by atoms with Crippen LogP contribution in [0.4, 0.5) is 4.39 Å². The number of benzene rings is 1. The van der Waals surface area contributed by atoms with Crippen molar-refractivity contribution in [1.82, 2.24) is 10.2 Å². The third-order valence-electron chi connectivity index (χ3n) is 5.44. The quantitative estimate of drug-likeness (QED) is 0.870. The van der Waals surface area contributed by atoms with Crippen molar-refractivity contribution < 1.29 is 9.18 Å². The number of nitrogens with zero attached hydrogens (tertiary/aromatic N) is 1. The zero-order chi connectivity index (χ0) is 16.9. The first kappa shape index (κ1) is 17.4. The molecule has 132 valence electrons. The predicted octanol–water partition coefficient (Wildman–Crippen LogP) is 2.42. The number of nitrogens with one attached hydrogen (secondary N) is 1. The Morgan fingerprint density at radius 2 is 1.88 bits per heavy atom. The summed E-state index contributed by atoms with van der Waals surface area (Å²) in [6, 6.07) is 7.18. The first-order valence-corrected chi connectivity index (χ1v) is 9.12. The van der Waals surface area contributed by atoms with Crippen molar-refractivity contribution in [3.8, 4) is 0 Å². The topological polar surface area (TPSA) is 58.4 Å². The molecule has 2 atom stereocenters. The van der Waals surface area contributed by atoms with Crippen LogP contribution in [0.5, 0.6) is 0 Å². The van der Waals surface area contributed by atoms with Crippen LogP contribution in [-0.2, 0) is 11.3 Å². The van der Waals surface area contributed by atoms with Gasteiger partial charge in [-0.15, -0.1) is 0 Å². The Kier molecular flexibility index (Phi) is 5.85. The Balaban J connectivity index is 1.38. The van der Waals surface area contributed by atoms with Crippen molar-refractivity contribution in [3.05, 3.63) is 35.6 Å². The van der Waals surface area contributed by atoms with E-state index < -0.39 is 0 Å². The maximum atomic E-state index is 12.9. The highest BCUT2D eigenvalue weighted by atomic mass is 19.1. The van der Waals surface area contributed by atoms with Gasteiger partial charge in [-0.1, -0.05) is 18.6 Å². The molecule has 2 fully saturated rings. The summed E-state index contributed by atoms with van der Waals surface area (Å²) in [6.45, 7) is 2.77. The summed E-state index contributed by atoms with van der Waals surface area (Å²) in [5.41, 5.74) is 7.18. The summed E-state index contributed by atoms with van der Waals surface area (Å²) in [5, 5.41) is 3.19. The fraction of sp³-hybridized carbons (Fsp3) is 0.632. The summed E-state index contributed by atoms with van der Waals surface area (Å²) in [5.74, 6) is 0.333. The van der Waals surface area contributed by atoms with E-state index in [2.05, 4.69) is 10.2 Å². The molecule has 1 aromatic rings. The van der Waals surface area contributed by atoms with Crippen LogP contribution in [0.1, 0.15) is 44.1 Å². The number of nitrogens with two attached hydrogens (primary N) is 1. The minimum Gasteiger partial charge on any atom is -0.353 e. The number of likely N-dealkylation sites (tertiary alicyclic amines) is 1. The van der Waals surface area contributed by atoms with Crippen LogP contribution in [0.15, 0.2) is 24.3 Å².